The highest BCUT2D eigenvalue weighted by molar-refractivity contribution is 6.30. The number of allylic oxidation sites excluding steroid dienone is 1. The molecule has 164 valence electrons. The molecule has 1 atom stereocenters. The highest BCUT2D eigenvalue weighted by Crippen LogP contribution is 2.37. The fourth-order valence-electron chi connectivity index (χ4n) is 4.62. The smallest absolute Gasteiger partial charge is 0.253 e. The van der Waals surface area contributed by atoms with Crippen molar-refractivity contribution in [2.24, 2.45) is 0 Å². The zero-order chi connectivity index (χ0) is 22.1. The summed E-state index contributed by atoms with van der Waals surface area (Å²) < 4.78 is 1.92. The van der Waals surface area contributed by atoms with Gasteiger partial charge < -0.3 is 5.32 Å². The van der Waals surface area contributed by atoms with Gasteiger partial charge in [-0.25, -0.2) is 4.98 Å². The topological polar surface area (TPSA) is 67.2 Å². The molecule has 1 aromatic heterocycles. The lowest BCUT2D eigenvalue weighted by atomic mass is 9.97. The molecular formula is C25H25ClN4O2. The van der Waals surface area contributed by atoms with Crippen LogP contribution in [0.3, 0.4) is 0 Å². The summed E-state index contributed by atoms with van der Waals surface area (Å²) in [7, 11) is 0. The summed E-state index contributed by atoms with van der Waals surface area (Å²) in [6.07, 6.45) is 7.88. The summed E-state index contributed by atoms with van der Waals surface area (Å²) in [4.78, 5) is 32.7. The van der Waals surface area contributed by atoms with Gasteiger partial charge in [0.25, 0.3) is 5.91 Å². The number of anilines is 2. The number of carbonyl (C=O) groups excluding carboxylic acids is 2. The van der Waals surface area contributed by atoms with E-state index < -0.39 is 6.04 Å². The molecule has 0 saturated carbocycles. The highest BCUT2D eigenvalue weighted by Gasteiger charge is 2.40. The molecule has 0 saturated heterocycles. The number of nitrogens with one attached hydrogen (secondary N) is 1. The first-order valence-corrected chi connectivity index (χ1v) is 11.5. The number of para-hydroxylation sites is 2. The van der Waals surface area contributed by atoms with Crippen LogP contribution in [0.1, 0.15) is 44.6 Å². The van der Waals surface area contributed by atoms with Gasteiger partial charge in [0.15, 0.2) is 0 Å². The minimum Gasteiger partial charge on any atom is -0.326 e. The second-order valence-electron chi connectivity index (χ2n) is 8.39. The maximum Gasteiger partial charge on any atom is 0.253 e. The largest absolute Gasteiger partial charge is 0.326 e. The number of nitrogens with zero attached hydrogens (tertiary/aromatic N) is 3. The van der Waals surface area contributed by atoms with E-state index in [2.05, 4.69) is 11.4 Å². The molecule has 6 nitrogen and oxygen atoms in total. The average Bonchev–Trinajstić information content (AvgIpc) is 3.29. The molecular weight excluding hydrogens is 424 g/mol. The van der Waals surface area contributed by atoms with E-state index in [4.69, 9.17) is 16.6 Å². The summed E-state index contributed by atoms with van der Waals surface area (Å²) in [5.41, 5.74) is 3.77. The number of fused-ring (bicyclic) bond motifs is 3. The van der Waals surface area contributed by atoms with Gasteiger partial charge in [0.2, 0.25) is 11.9 Å². The maximum absolute atomic E-state index is 13.4. The van der Waals surface area contributed by atoms with Crippen molar-refractivity contribution in [2.75, 3.05) is 16.8 Å². The van der Waals surface area contributed by atoms with Crippen LogP contribution in [0, 0.1) is 0 Å². The fraction of sp³-hybridized carbons (Fsp3) is 0.320. The van der Waals surface area contributed by atoms with E-state index in [0.717, 1.165) is 30.3 Å². The number of aromatic nitrogens is 2. The Hall–Kier alpha value is -3.12. The summed E-state index contributed by atoms with van der Waals surface area (Å²) in [5.74, 6) is 0.351. The maximum atomic E-state index is 13.4. The number of halogens is 1. The normalized spacial score (nSPS) is 18.0. The van der Waals surface area contributed by atoms with Crippen molar-refractivity contribution >= 4 is 46.1 Å². The van der Waals surface area contributed by atoms with Crippen molar-refractivity contribution in [3.63, 3.8) is 0 Å². The summed E-state index contributed by atoms with van der Waals surface area (Å²) in [5, 5.41) is 3.48. The predicted molar refractivity (Wildman–Crippen MR) is 127 cm³/mol. The molecule has 3 aromatic rings. The van der Waals surface area contributed by atoms with Crippen molar-refractivity contribution in [1.82, 2.24) is 9.55 Å². The minimum atomic E-state index is -0.606. The number of hydrogen-bond acceptors (Lipinski definition) is 3. The number of carbonyl (C=O) groups is 2. The number of amides is 2. The first-order chi connectivity index (χ1) is 15.6. The lowest BCUT2D eigenvalue weighted by molar-refractivity contribution is -0.124. The second-order valence-corrected chi connectivity index (χ2v) is 8.83. The van der Waals surface area contributed by atoms with Crippen LogP contribution in [-0.2, 0) is 9.59 Å². The van der Waals surface area contributed by atoms with Gasteiger partial charge >= 0.3 is 0 Å². The Labute approximate surface area is 191 Å². The summed E-state index contributed by atoms with van der Waals surface area (Å²) >= 11 is 5.93. The zero-order valence-corrected chi connectivity index (χ0v) is 18.5. The molecule has 32 heavy (non-hydrogen) atoms. The molecule has 0 bridgehead atoms. The summed E-state index contributed by atoms with van der Waals surface area (Å²) in [6.45, 7) is 0.587. The first-order valence-electron chi connectivity index (χ1n) is 11.1. The monoisotopic (exact) mass is 448 g/mol. The zero-order valence-electron chi connectivity index (χ0n) is 17.8. The number of imidazole rings is 1. The molecule has 2 aromatic carbocycles. The molecule has 1 N–H and O–H groups in total. The molecule has 2 amide bonds. The van der Waals surface area contributed by atoms with Crippen molar-refractivity contribution in [2.45, 2.75) is 44.6 Å². The van der Waals surface area contributed by atoms with Gasteiger partial charge in [0.05, 0.1) is 17.5 Å². The molecule has 0 unspecified atom stereocenters. The van der Waals surface area contributed by atoms with Gasteiger partial charge in [-0.05, 0) is 68.5 Å². The Kier molecular flexibility index (Phi) is 5.70. The quantitative estimate of drug-likeness (QED) is 0.506. The van der Waals surface area contributed by atoms with Crippen molar-refractivity contribution in [3.8, 4) is 0 Å². The highest BCUT2D eigenvalue weighted by atomic mass is 35.5. The van der Waals surface area contributed by atoms with Crippen LogP contribution < -0.4 is 10.2 Å². The van der Waals surface area contributed by atoms with Crippen LogP contribution in [0.2, 0.25) is 5.02 Å². The van der Waals surface area contributed by atoms with Gasteiger partial charge in [-0.2, -0.15) is 0 Å². The van der Waals surface area contributed by atoms with Crippen LogP contribution in [0.5, 0.6) is 0 Å². The Morgan fingerprint density at radius 1 is 1.12 bits per heavy atom. The van der Waals surface area contributed by atoms with Gasteiger partial charge in [0, 0.05) is 17.3 Å². The Morgan fingerprint density at radius 2 is 1.94 bits per heavy atom. The van der Waals surface area contributed by atoms with E-state index in [1.165, 1.54) is 18.4 Å². The van der Waals surface area contributed by atoms with Gasteiger partial charge in [-0.3, -0.25) is 19.1 Å². The first kappa shape index (κ1) is 20.8. The predicted octanol–water partition coefficient (Wildman–Crippen LogP) is 5.50. The lowest BCUT2D eigenvalue weighted by Crippen LogP contribution is -2.32. The molecule has 2 heterocycles. The van der Waals surface area contributed by atoms with E-state index in [9.17, 15) is 9.59 Å². The van der Waals surface area contributed by atoms with Gasteiger partial charge in [0.1, 0.15) is 6.04 Å². The van der Waals surface area contributed by atoms with E-state index in [-0.39, 0.29) is 18.2 Å². The molecule has 0 fully saturated rings. The molecule has 1 aliphatic carbocycles. The van der Waals surface area contributed by atoms with Crippen LogP contribution in [-0.4, -0.2) is 27.9 Å². The van der Waals surface area contributed by atoms with E-state index in [0.29, 0.717) is 23.2 Å². The third kappa shape index (κ3) is 4.02. The third-order valence-corrected chi connectivity index (χ3v) is 6.48. The number of rotatable bonds is 6. The SMILES string of the molecule is O=C(C[C@H]1C(=O)N(CCC2=CCCCC2)c2nc3ccccc3n21)Nc1ccc(Cl)cc1. The molecule has 2 aliphatic rings. The van der Waals surface area contributed by atoms with Crippen molar-refractivity contribution in [1.29, 1.82) is 0 Å². The Morgan fingerprint density at radius 3 is 2.72 bits per heavy atom. The second kappa shape index (κ2) is 8.79. The molecule has 7 heteroatoms. The third-order valence-electron chi connectivity index (χ3n) is 6.23. The van der Waals surface area contributed by atoms with Gasteiger partial charge in [-0.15, -0.1) is 0 Å². The van der Waals surface area contributed by atoms with Gasteiger partial charge in [-0.1, -0.05) is 35.4 Å². The number of hydrogen-bond donors (Lipinski definition) is 1. The van der Waals surface area contributed by atoms with Crippen molar-refractivity contribution < 1.29 is 9.59 Å². The molecule has 0 radical (unpaired) electrons. The Bertz CT molecular complexity index is 1200. The van der Waals surface area contributed by atoms with E-state index >= 15 is 0 Å². The lowest BCUT2D eigenvalue weighted by Gasteiger charge is -2.18. The standard InChI is InChI=1S/C25H25ClN4O2/c26-18-10-12-19(13-11-18)27-23(31)16-22-24(32)29(15-14-17-6-2-1-3-7-17)25-28-20-8-4-5-9-21(20)30(22)25/h4-6,8-13,22H,1-3,7,14-16H2,(H,27,31)/t22-/m0/s1. The molecule has 0 spiro atoms. The Balaban J connectivity index is 1.40. The van der Waals surface area contributed by atoms with Crippen LogP contribution in [0.4, 0.5) is 11.6 Å². The number of benzene rings is 2. The van der Waals surface area contributed by atoms with Crippen molar-refractivity contribution in [3.05, 3.63) is 65.2 Å². The van der Waals surface area contributed by atoms with Crippen LogP contribution >= 0.6 is 11.6 Å². The minimum absolute atomic E-state index is 0.0496. The molecule has 1 aliphatic heterocycles. The van der Waals surface area contributed by atoms with E-state index in [1.807, 2.05) is 28.8 Å². The van der Waals surface area contributed by atoms with Crippen LogP contribution in [0.15, 0.2) is 60.2 Å². The summed E-state index contributed by atoms with van der Waals surface area (Å²) in [6, 6.07) is 14.1. The molecule has 5 rings (SSSR count). The average molecular weight is 449 g/mol. The fourth-order valence-corrected chi connectivity index (χ4v) is 4.74. The van der Waals surface area contributed by atoms with E-state index in [1.54, 1.807) is 29.2 Å². The van der Waals surface area contributed by atoms with Crippen LogP contribution in [0.25, 0.3) is 11.0 Å².